The molecular weight excluding hydrogens is 287 g/mol. The molecule has 3 rings (SSSR count). The minimum absolute atomic E-state index is 0.183. The van der Waals surface area contributed by atoms with Gasteiger partial charge in [-0.05, 0) is 43.5 Å². The van der Waals surface area contributed by atoms with E-state index in [2.05, 4.69) is 13.8 Å². The Bertz CT molecular complexity index is 694. The van der Waals surface area contributed by atoms with Gasteiger partial charge in [-0.1, -0.05) is 30.3 Å². The SMILES string of the molecule is Cc1cccc(C(Cl)c2ccc3c(c2)CC(C)(C)O3)c1F. The van der Waals surface area contributed by atoms with E-state index in [9.17, 15) is 4.39 Å². The molecule has 1 unspecified atom stereocenters. The zero-order valence-electron chi connectivity index (χ0n) is 12.4. The van der Waals surface area contributed by atoms with Crippen molar-refractivity contribution >= 4 is 11.6 Å². The van der Waals surface area contributed by atoms with E-state index in [1.165, 1.54) is 0 Å². The molecule has 0 aromatic heterocycles. The molecule has 0 saturated heterocycles. The van der Waals surface area contributed by atoms with Crippen LogP contribution in [0, 0.1) is 12.7 Å². The molecule has 110 valence electrons. The Balaban J connectivity index is 1.97. The van der Waals surface area contributed by atoms with E-state index >= 15 is 0 Å². The van der Waals surface area contributed by atoms with Crippen molar-refractivity contribution in [3.05, 3.63) is 64.5 Å². The van der Waals surface area contributed by atoms with Gasteiger partial charge >= 0.3 is 0 Å². The fraction of sp³-hybridized carbons (Fsp3) is 0.333. The van der Waals surface area contributed by atoms with Crippen LogP contribution < -0.4 is 4.74 Å². The van der Waals surface area contributed by atoms with Crippen LogP contribution in [0.2, 0.25) is 0 Å². The average Bonchev–Trinajstić information content (AvgIpc) is 2.73. The highest BCUT2D eigenvalue weighted by atomic mass is 35.5. The monoisotopic (exact) mass is 304 g/mol. The minimum atomic E-state index is -0.487. The molecule has 0 saturated carbocycles. The molecule has 0 aliphatic carbocycles. The third-order valence-electron chi connectivity index (χ3n) is 3.87. The van der Waals surface area contributed by atoms with Gasteiger partial charge < -0.3 is 4.74 Å². The van der Waals surface area contributed by atoms with Crippen LogP contribution in [-0.4, -0.2) is 5.60 Å². The first-order valence-corrected chi connectivity index (χ1v) is 7.52. The Hall–Kier alpha value is -1.54. The predicted molar refractivity (Wildman–Crippen MR) is 83.7 cm³/mol. The van der Waals surface area contributed by atoms with Crippen LogP contribution in [0.1, 0.15) is 41.5 Å². The normalized spacial score (nSPS) is 17.2. The second-order valence-corrected chi connectivity index (χ2v) is 6.68. The molecule has 0 bridgehead atoms. The third-order valence-corrected chi connectivity index (χ3v) is 4.36. The summed E-state index contributed by atoms with van der Waals surface area (Å²) in [6.07, 6.45) is 0.843. The molecule has 1 aliphatic heterocycles. The number of ether oxygens (including phenoxy) is 1. The highest BCUT2D eigenvalue weighted by molar-refractivity contribution is 6.22. The molecule has 2 aromatic rings. The number of alkyl halides is 1. The quantitative estimate of drug-likeness (QED) is 0.695. The lowest BCUT2D eigenvalue weighted by Crippen LogP contribution is -2.24. The number of halogens is 2. The Morgan fingerprint density at radius 2 is 2.00 bits per heavy atom. The summed E-state index contributed by atoms with van der Waals surface area (Å²) in [7, 11) is 0. The van der Waals surface area contributed by atoms with Crippen molar-refractivity contribution in [3.63, 3.8) is 0 Å². The van der Waals surface area contributed by atoms with E-state index in [0.29, 0.717) is 11.1 Å². The van der Waals surface area contributed by atoms with E-state index in [1.807, 2.05) is 24.3 Å². The van der Waals surface area contributed by atoms with E-state index < -0.39 is 5.38 Å². The second kappa shape index (κ2) is 5.03. The average molecular weight is 305 g/mol. The maximum atomic E-state index is 14.2. The number of benzene rings is 2. The van der Waals surface area contributed by atoms with Crippen molar-refractivity contribution in [2.75, 3.05) is 0 Å². The number of hydrogen-bond donors (Lipinski definition) is 0. The van der Waals surface area contributed by atoms with E-state index in [0.717, 1.165) is 23.3 Å². The van der Waals surface area contributed by atoms with E-state index in [1.54, 1.807) is 19.1 Å². The molecular formula is C18H18ClFO. The molecule has 1 nitrogen and oxygen atoms in total. The van der Waals surface area contributed by atoms with Crippen LogP contribution in [0.5, 0.6) is 5.75 Å². The Kier molecular flexibility index (Phi) is 3.45. The van der Waals surface area contributed by atoms with Crippen molar-refractivity contribution in [2.24, 2.45) is 0 Å². The van der Waals surface area contributed by atoms with Crippen LogP contribution in [0.15, 0.2) is 36.4 Å². The maximum absolute atomic E-state index is 14.2. The number of rotatable bonds is 2. The predicted octanol–water partition coefficient (Wildman–Crippen LogP) is 5.18. The lowest BCUT2D eigenvalue weighted by Gasteiger charge is -2.16. The van der Waals surface area contributed by atoms with Crippen molar-refractivity contribution in [3.8, 4) is 5.75 Å². The van der Waals surface area contributed by atoms with E-state index in [4.69, 9.17) is 16.3 Å². The summed E-state index contributed by atoms with van der Waals surface area (Å²) in [5, 5.41) is -0.487. The molecule has 0 spiro atoms. The van der Waals surface area contributed by atoms with Crippen molar-refractivity contribution < 1.29 is 9.13 Å². The summed E-state index contributed by atoms with van der Waals surface area (Å²) in [6.45, 7) is 5.87. The lowest BCUT2D eigenvalue weighted by molar-refractivity contribution is 0.138. The van der Waals surface area contributed by atoms with Gasteiger partial charge in [0.25, 0.3) is 0 Å². The molecule has 0 amide bonds. The van der Waals surface area contributed by atoms with Gasteiger partial charge in [0.05, 0.1) is 5.38 Å². The Morgan fingerprint density at radius 1 is 1.24 bits per heavy atom. The van der Waals surface area contributed by atoms with Crippen molar-refractivity contribution in [2.45, 2.75) is 38.2 Å². The number of fused-ring (bicyclic) bond motifs is 1. The third kappa shape index (κ3) is 2.65. The van der Waals surface area contributed by atoms with Gasteiger partial charge in [-0.15, -0.1) is 11.6 Å². The van der Waals surface area contributed by atoms with Crippen LogP contribution in [0.4, 0.5) is 4.39 Å². The first-order chi connectivity index (χ1) is 9.87. The molecule has 21 heavy (non-hydrogen) atoms. The zero-order valence-corrected chi connectivity index (χ0v) is 13.2. The van der Waals surface area contributed by atoms with Crippen LogP contribution >= 0.6 is 11.6 Å². The largest absolute Gasteiger partial charge is 0.487 e. The molecule has 0 fully saturated rings. The van der Waals surface area contributed by atoms with Gasteiger partial charge in [0.1, 0.15) is 17.2 Å². The van der Waals surface area contributed by atoms with E-state index in [-0.39, 0.29) is 11.4 Å². The topological polar surface area (TPSA) is 9.23 Å². The summed E-state index contributed by atoms with van der Waals surface area (Å²) in [4.78, 5) is 0. The lowest BCUT2D eigenvalue weighted by atomic mass is 9.97. The van der Waals surface area contributed by atoms with Crippen molar-refractivity contribution in [1.29, 1.82) is 0 Å². The Labute approximate surface area is 129 Å². The summed E-state index contributed by atoms with van der Waals surface area (Å²) in [6, 6.07) is 11.2. The summed E-state index contributed by atoms with van der Waals surface area (Å²) < 4.78 is 20.1. The second-order valence-electron chi connectivity index (χ2n) is 6.25. The van der Waals surface area contributed by atoms with Gasteiger partial charge in [-0.25, -0.2) is 4.39 Å². The fourth-order valence-corrected chi connectivity index (χ4v) is 3.14. The highest BCUT2D eigenvalue weighted by Crippen LogP contribution is 2.39. The minimum Gasteiger partial charge on any atom is -0.487 e. The molecule has 1 heterocycles. The zero-order chi connectivity index (χ0) is 15.2. The van der Waals surface area contributed by atoms with Crippen molar-refractivity contribution in [1.82, 2.24) is 0 Å². The standard InChI is InChI=1S/C18H18ClFO/c1-11-5-4-6-14(17(11)20)16(19)12-7-8-15-13(9-12)10-18(2,3)21-15/h4-9,16H,10H2,1-3H3. The summed E-state index contributed by atoms with van der Waals surface area (Å²) in [5.41, 5.74) is 2.99. The first-order valence-electron chi connectivity index (χ1n) is 7.08. The maximum Gasteiger partial charge on any atom is 0.131 e. The van der Waals surface area contributed by atoms with Gasteiger partial charge in [0, 0.05) is 12.0 Å². The van der Waals surface area contributed by atoms with Crippen LogP contribution in [0.3, 0.4) is 0 Å². The molecule has 0 N–H and O–H groups in total. The van der Waals surface area contributed by atoms with Crippen LogP contribution in [-0.2, 0) is 6.42 Å². The summed E-state index contributed by atoms with van der Waals surface area (Å²) >= 11 is 6.50. The van der Waals surface area contributed by atoms with Gasteiger partial charge in [0.2, 0.25) is 0 Å². The number of hydrogen-bond acceptors (Lipinski definition) is 1. The molecule has 2 aromatic carbocycles. The molecule has 3 heteroatoms. The molecule has 1 atom stereocenters. The Morgan fingerprint density at radius 3 is 2.76 bits per heavy atom. The van der Waals surface area contributed by atoms with Gasteiger partial charge in [-0.3, -0.25) is 0 Å². The van der Waals surface area contributed by atoms with Crippen LogP contribution in [0.25, 0.3) is 0 Å². The van der Waals surface area contributed by atoms with Gasteiger partial charge in [-0.2, -0.15) is 0 Å². The highest BCUT2D eigenvalue weighted by Gasteiger charge is 2.30. The number of aryl methyl sites for hydroxylation is 1. The smallest absolute Gasteiger partial charge is 0.131 e. The fourth-order valence-electron chi connectivity index (χ4n) is 2.83. The molecule has 0 radical (unpaired) electrons. The summed E-state index contributed by atoms with van der Waals surface area (Å²) in [5.74, 6) is 0.673. The first kappa shape index (κ1) is 14.4. The van der Waals surface area contributed by atoms with Gasteiger partial charge in [0.15, 0.2) is 0 Å². The molecule has 1 aliphatic rings.